The van der Waals surface area contributed by atoms with Gasteiger partial charge in [-0.15, -0.1) is 0 Å². The highest BCUT2D eigenvalue weighted by atomic mass is 15.2. The van der Waals surface area contributed by atoms with E-state index >= 15 is 0 Å². The Balaban J connectivity index is 2.29. The van der Waals surface area contributed by atoms with Gasteiger partial charge in [-0.3, -0.25) is 4.90 Å². The molecule has 1 saturated carbocycles. The molecule has 0 aromatic rings. The topological polar surface area (TPSA) is 29.3 Å². The highest BCUT2D eigenvalue weighted by molar-refractivity contribution is 4.95. The average Bonchev–Trinajstić information content (AvgIpc) is 2.14. The molecule has 0 heterocycles. The first-order valence-electron chi connectivity index (χ1n) is 6.60. The fourth-order valence-electron chi connectivity index (χ4n) is 2.28. The summed E-state index contributed by atoms with van der Waals surface area (Å²) in [7, 11) is 0. The van der Waals surface area contributed by atoms with Gasteiger partial charge in [0, 0.05) is 18.1 Å². The van der Waals surface area contributed by atoms with E-state index in [1.165, 1.54) is 45.1 Å². The van der Waals surface area contributed by atoms with Crippen LogP contribution in [0.15, 0.2) is 0 Å². The Labute approximate surface area is 95.2 Å². The maximum absolute atomic E-state index is 6.30. The van der Waals surface area contributed by atoms with E-state index in [0.717, 1.165) is 6.54 Å². The second kappa shape index (κ2) is 5.86. The minimum absolute atomic E-state index is 0.149. The van der Waals surface area contributed by atoms with E-state index in [2.05, 4.69) is 25.7 Å². The average molecular weight is 212 g/mol. The van der Waals surface area contributed by atoms with Crippen LogP contribution in [0.1, 0.15) is 59.3 Å². The smallest absolute Gasteiger partial charge is 0.0283 e. The van der Waals surface area contributed by atoms with Gasteiger partial charge in [0.15, 0.2) is 0 Å². The zero-order valence-corrected chi connectivity index (χ0v) is 10.8. The van der Waals surface area contributed by atoms with Crippen LogP contribution in [0.5, 0.6) is 0 Å². The summed E-state index contributed by atoms with van der Waals surface area (Å²) >= 11 is 0. The number of nitrogens with two attached hydrogens (primary N) is 1. The molecule has 0 aromatic carbocycles. The Bertz CT molecular complexity index is 173. The fraction of sp³-hybridized carbons (Fsp3) is 1.00. The minimum atomic E-state index is 0.149. The minimum Gasteiger partial charge on any atom is -0.324 e. The third-order valence-corrected chi connectivity index (χ3v) is 3.65. The number of unbranched alkanes of at least 4 members (excludes halogenated alkanes) is 2. The Morgan fingerprint density at radius 1 is 1.27 bits per heavy atom. The monoisotopic (exact) mass is 212 g/mol. The molecule has 0 bridgehead atoms. The summed E-state index contributed by atoms with van der Waals surface area (Å²) in [5, 5.41) is 0. The molecule has 0 aromatic heterocycles. The molecule has 0 amide bonds. The molecule has 0 saturated heterocycles. The van der Waals surface area contributed by atoms with Crippen molar-refractivity contribution in [1.29, 1.82) is 0 Å². The molecule has 2 heteroatoms. The van der Waals surface area contributed by atoms with Crippen molar-refractivity contribution in [3.63, 3.8) is 0 Å². The Morgan fingerprint density at radius 3 is 2.33 bits per heavy atom. The van der Waals surface area contributed by atoms with E-state index in [4.69, 9.17) is 5.73 Å². The van der Waals surface area contributed by atoms with Crippen molar-refractivity contribution in [1.82, 2.24) is 4.90 Å². The van der Waals surface area contributed by atoms with E-state index in [-0.39, 0.29) is 5.54 Å². The summed E-state index contributed by atoms with van der Waals surface area (Å²) in [4.78, 5) is 2.56. The lowest BCUT2D eigenvalue weighted by Gasteiger charge is -2.43. The second-order valence-corrected chi connectivity index (χ2v) is 5.49. The Morgan fingerprint density at radius 2 is 1.93 bits per heavy atom. The van der Waals surface area contributed by atoms with Crippen molar-refractivity contribution >= 4 is 0 Å². The molecule has 1 rings (SSSR count). The van der Waals surface area contributed by atoms with Crippen LogP contribution < -0.4 is 5.73 Å². The molecule has 1 aliphatic carbocycles. The normalized spacial score (nSPS) is 19.6. The fourth-order valence-corrected chi connectivity index (χ4v) is 2.28. The maximum Gasteiger partial charge on any atom is 0.0283 e. The lowest BCUT2D eigenvalue weighted by atomic mass is 9.77. The maximum atomic E-state index is 6.30. The van der Waals surface area contributed by atoms with Crippen LogP contribution in [0.3, 0.4) is 0 Å². The Hall–Kier alpha value is -0.0800. The molecule has 2 nitrogen and oxygen atoms in total. The number of hydrogen-bond donors (Lipinski definition) is 1. The van der Waals surface area contributed by atoms with E-state index in [1.54, 1.807) is 0 Å². The van der Waals surface area contributed by atoms with Crippen LogP contribution in [0, 0.1) is 0 Å². The van der Waals surface area contributed by atoms with Crippen molar-refractivity contribution in [2.24, 2.45) is 5.73 Å². The first-order chi connectivity index (χ1) is 7.07. The van der Waals surface area contributed by atoms with Crippen molar-refractivity contribution in [2.45, 2.75) is 70.9 Å². The summed E-state index contributed by atoms with van der Waals surface area (Å²) in [6.07, 6.45) is 7.76. The van der Waals surface area contributed by atoms with Gasteiger partial charge >= 0.3 is 0 Å². The summed E-state index contributed by atoms with van der Waals surface area (Å²) < 4.78 is 0. The van der Waals surface area contributed by atoms with E-state index in [1.807, 2.05) is 0 Å². The quantitative estimate of drug-likeness (QED) is 0.658. The molecule has 0 radical (unpaired) electrons. The van der Waals surface area contributed by atoms with E-state index in [0.29, 0.717) is 6.04 Å². The third kappa shape index (κ3) is 4.12. The highest BCUT2D eigenvalue weighted by Crippen LogP contribution is 2.30. The molecule has 15 heavy (non-hydrogen) atoms. The van der Waals surface area contributed by atoms with Crippen LogP contribution >= 0.6 is 0 Å². The molecular formula is C13H28N2. The van der Waals surface area contributed by atoms with Gasteiger partial charge < -0.3 is 5.73 Å². The van der Waals surface area contributed by atoms with Gasteiger partial charge in [-0.05, 0) is 46.1 Å². The number of rotatable bonds is 7. The molecule has 0 atom stereocenters. The summed E-state index contributed by atoms with van der Waals surface area (Å²) in [5.41, 5.74) is 6.45. The predicted octanol–water partition coefficient (Wildman–Crippen LogP) is 2.77. The largest absolute Gasteiger partial charge is 0.324 e. The standard InChI is InChI=1S/C13H28N2/c1-4-5-6-10-15(12(2)3)11-13(14)8-7-9-13/h12H,4-11,14H2,1-3H3. The van der Waals surface area contributed by atoms with Gasteiger partial charge in [-0.25, -0.2) is 0 Å². The lowest BCUT2D eigenvalue weighted by Crippen LogP contribution is -2.56. The summed E-state index contributed by atoms with van der Waals surface area (Å²) in [6.45, 7) is 9.16. The number of hydrogen-bond acceptors (Lipinski definition) is 2. The first-order valence-corrected chi connectivity index (χ1v) is 6.60. The van der Waals surface area contributed by atoms with Gasteiger partial charge in [-0.2, -0.15) is 0 Å². The molecular weight excluding hydrogens is 184 g/mol. The van der Waals surface area contributed by atoms with Gasteiger partial charge in [0.05, 0.1) is 0 Å². The molecule has 1 fully saturated rings. The highest BCUT2D eigenvalue weighted by Gasteiger charge is 2.34. The molecule has 90 valence electrons. The molecule has 0 unspecified atom stereocenters. The molecule has 1 aliphatic rings. The van der Waals surface area contributed by atoms with Crippen LogP contribution in [0.25, 0.3) is 0 Å². The van der Waals surface area contributed by atoms with Crippen LogP contribution in [0.2, 0.25) is 0 Å². The first kappa shape index (κ1) is 13.0. The van der Waals surface area contributed by atoms with Crippen LogP contribution in [0.4, 0.5) is 0 Å². The van der Waals surface area contributed by atoms with Gasteiger partial charge in [0.25, 0.3) is 0 Å². The SMILES string of the molecule is CCCCCN(CC1(N)CCC1)C(C)C. The molecule has 0 aliphatic heterocycles. The van der Waals surface area contributed by atoms with Crippen molar-refractivity contribution in [3.8, 4) is 0 Å². The zero-order chi connectivity index (χ0) is 11.3. The van der Waals surface area contributed by atoms with Gasteiger partial charge in [-0.1, -0.05) is 19.8 Å². The van der Waals surface area contributed by atoms with Gasteiger partial charge in [0.2, 0.25) is 0 Å². The number of nitrogens with zero attached hydrogens (tertiary/aromatic N) is 1. The lowest BCUT2D eigenvalue weighted by molar-refractivity contribution is 0.118. The second-order valence-electron chi connectivity index (χ2n) is 5.49. The summed E-state index contributed by atoms with van der Waals surface area (Å²) in [6, 6.07) is 0.642. The Kier molecular flexibility index (Phi) is 5.07. The van der Waals surface area contributed by atoms with Crippen LogP contribution in [-0.2, 0) is 0 Å². The van der Waals surface area contributed by atoms with Gasteiger partial charge in [0.1, 0.15) is 0 Å². The van der Waals surface area contributed by atoms with E-state index < -0.39 is 0 Å². The van der Waals surface area contributed by atoms with Crippen molar-refractivity contribution < 1.29 is 0 Å². The van der Waals surface area contributed by atoms with Crippen LogP contribution in [-0.4, -0.2) is 29.6 Å². The van der Waals surface area contributed by atoms with Crippen molar-refractivity contribution in [3.05, 3.63) is 0 Å². The van der Waals surface area contributed by atoms with E-state index in [9.17, 15) is 0 Å². The molecule has 0 spiro atoms. The van der Waals surface area contributed by atoms with Crippen molar-refractivity contribution in [2.75, 3.05) is 13.1 Å². The molecule has 2 N–H and O–H groups in total. The summed E-state index contributed by atoms with van der Waals surface area (Å²) in [5.74, 6) is 0. The third-order valence-electron chi connectivity index (χ3n) is 3.65. The zero-order valence-electron chi connectivity index (χ0n) is 10.8. The predicted molar refractivity (Wildman–Crippen MR) is 67.0 cm³/mol.